The van der Waals surface area contributed by atoms with Crippen molar-refractivity contribution in [2.75, 3.05) is 0 Å². The van der Waals surface area contributed by atoms with Crippen molar-refractivity contribution in [3.63, 3.8) is 0 Å². The molecule has 4 nitrogen and oxygen atoms in total. The molecule has 1 heterocycles. The summed E-state index contributed by atoms with van der Waals surface area (Å²) in [6, 6.07) is 5.17. The Morgan fingerprint density at radius 1 is 1.30 bits per heavy atom. The lowest BCUT2D eigenvalue weighted by atomic mass is 10.5. The van der Waals surface area contributed by atoms with Crippen molar-refractivity contribution in [2.24, 2.45) is 0 Å². The van der Waals surface area contributed by atoms with Gasteiger partial charge in [-0.25, -0.2) is 0 Å². The molecule has 52 valence electrons. The summed E-state index contributed by atoms with van der Waals surface area (Å²) < 4.78 is 15.6. The van der Waals surface area contributed by atoms with Gasteiger partial charge >= 0.3 is 8.25 Å². The summed E-state index contributed by atoms with van der Waals surface area (Å²) in [5.41, 5.74) is 0. The van der Waals surface area contributed by atoms with Gasteiger partial charge in [-0.3, -0.25) is 0 Å². The first kappa shape index (κ1) is 7.12. The van der Waals surface area contributed by atoms with Crippen LogP contribution in [0.5, 0.6) is 0 Å². The molecule has 0 aliphatic heterocycles. The molecular formula is C5H6NO3P+2. The average molecular weight is 159 g/mol. The van der Waals surface area contributed by atoms with E-state index in [0.717, 1.165) is 0 Å². The molecule has 1 rings (SSSR count). The molecule has 0 aromatic carbocycles. The van der Waals surface area contributed by atoms with Crippen molar-refractivity contribution in [3.05, 3.63) is 30.6 Å². The second-order valence-electron chi connectivity index (χ2n) is 1.55. The van der Waals surface area contributed by atoms with Gasteiger partial charge in [-0.05, 0) is 0 Å². The van der Waals surface area contributed by atoms with E-state index in [0.29, 0.717) is 0 Å². The van der Waals surface area contributed by atoms with Crippen molar-refractivity contribution in [2.45, 2.75) is 0 Å². The van der Waals surface area contributed by atoms with Crippen LogP contribution in [-0.2, 0) is 4.57 Å². The first-order valence-electron chi connectivity index (χ1n) is 2.60. The molecule has 0 radical (unpaired) electrons. The van der Waals surface area contributed by atoms with Crippen LogP contribution in [0, 0.1) is 0 Å². The summed E-state index contributed by atoms with van der Waals surface area (Å²) in [6.07, 6.45) is 3.06. The lowest BCUT2D eigenvalue weighted by Gasteiger charge is -1.77. The van der Waals surface area contributed by atoms with Gasteiger partial charge in [-0.2, -0.15) is 0 Å². The normalized spacial score (nSPS) is 10.7. The van der Waals surface area contributed by atoms with Gasteiger partial charge in [0.2, 0.25) is 12.4 Å². The lowest BCUT2D eigenvalue weighted by molar-refractivity contribution is -0.858. The maximum Gasteiger partial charge on any atom is 0.811 e. The minimum atomic E-state index is -2.56. The van der Waals surface area contributed by atoms with Gasteiger partial charge in [0.15, 0.2) is 0 Å². The largest absolute Gasteiger partial charge is 0.811 e. The van der Waals surface area contributed by atoms with Crippen LogP contribution < -0.4 is 9.35 Å². The van der Waals surface area contributed by atoms with Gasteiger partial charge in [-0.1, -0.05) is 6.07 Å². The first-order chi connectivity index (χ1) is 4.79. The van der Waals surface area contributed by atoms with Crippen LogP contribution in [0.15, 0.2) is 30.6 Å². The van der Waals surface area contributed by atoms with Crippen LogP contribution in [0.25, 0.3) is 0 Å². The minimum absolute atomic E-state index is 1.17. The van der Waals surface area contributed by atoms with E-state index in [1.54, 1.807) is 18.2 Å². The molecule has 10 heavy (non-hydrogen) atoms. The molecule has 1 aromatic rings. The highest BCUT2D eigenvalue weighted by Gasteiger charge is 2.20. The van der Waals surface area contributed by atoms with Crippen LogP contribution in [0.2, 0.25) is 0 Å². The smallest absolute Gasteiger partial charge is 0.122 e. The molecule has 1 atom stereocenters. The van der Waals surface area contributed by atoms with Gasteiger partial charge in [0.05, 0.1) is 4.73 Å². The Morgan fingerprint density at radius 3 is 2.40 bits per heavy atom. The second kappa shape index (κ2) is 3.25. The number of nitrogens with zero attached hydrogens (tertiary/aromatic N) is 1. The molecule has 5 heteroatoms. The van der Waals surface area contributed by atoms with Crippen LogP contribution in [0.3, 0.4) is 0 Å². The zero-order chi connectivity index (χ0) is 7.40. The number of hydrogen-bond acceptors (Lipinski definition) is 2. The van der Waals surface area contributed by atoms with E-state index in [1.165, 1.54) is 17.1 Å². The number of pyridine rings is 1. The van der Waals surface area contributed by atoms with E-state index in [1.807, 2.05) is 0 Å². The maximum atomic E-state index is 10.1. The van der Waals surface area contributed by atoms with E-state index in [4.69, 9.17) is 4.89 Å². The summed E-state index contributed by atoms with van der Waals surface area (Å²) in [4.78, 5) is 8.27. The van der Waals surface area contributed by atoms with Gasteiger partial charge in [-0.15, -0.1) is 4.89 Å². The molecule has 0 spiro atoms. The highest BCUT2D eigenvalue weighted by molar-refractivity contribution is 7.32. The Kier molecular flexibility index (Phi) is 2.31. The zero-order valence-electron chi connectivity index (χ0n) is 5.04. The molecule has 1 aromatic heterocycles. The molecule has 0 fully saturated rings. The summed E-state index contributed by atoms with van der Waals surface area (Å²) in [7, 11) is -2.56. The number of rotatable bonds is 2. The van der Waals surface area contributed by atoms with Crippen molar-refractivity contribution in [1.29, 1.82) is 0 Å². The molecule has 0 saturated heterocycles. The van der Waals surface area contributed by atoms with E-state index in [9.17, 15) is 4.57 Å². The quantitative estimate of drug-likeness (QED) is 0.490. The third-order valence-corrected chi connectivity index (χ3v) is 1.18. The van der Waals surface area contributed by atoms with Crippen molar-refractivity contribution in [1.82, 2.24) is 0 Å². The third kappa shape index (κ3) is 2.09. The Balaban J connectivity index is 2.67. The SMILES string of the molecule is O=[P+](O)O[n+]1ccccc1. The van der Waals surface area contributed by atoms with Crippen LogP contribution >= 0.6 is 8.25 Å². The van der Waals surface area contributed by atoms with Gasteiger partial charge < -0.3 is 0 Å². The van der Waals surface area contributed by atoms with Crippen LogP contribution in [-0.4, -0.2) is 4.89 Å². The second-order valence-corrected chi connectivity index (χ2v) is 2.19. The van der Waals surface area contributed by atoms with Gasteiger partial charge in [0.25, 0.3) is 0 Å². The van der Waals surface area contributed by atoms with E-state index >= 15 is 0 Å². The summed E-state index contributed by atoms with van der Waals surface area (Å²) in [5, 5.41) is 0. The lowest BCUT2D eigenvalue weighted by Crippen LogP contribution is -2.37. The number of aromatic nitrogens is 1. The molecule has 0 saturated carbocycles. The maximum absolute atomic E-state index is 10.1. The van der Waals surface area contributed by atoms with Crippen molar-refractivity contribution >= 4 is 8.25 Å². The zero-order valence-corrected chi connectivity index (χ0v) is 5.94. The molecular weight excluding hydrogens is 153 g/mol. The topological polar surface area (TPSA) is 50.4 Å². The van der Waals surface area contributed by atoms with Crippen molar-refractivity contribution < 1.29 is 18.8 Å². The molecule has 0 aliphatic rings. The van der Waals surface area contributed by atoms with Gasteiger partial charge in [0.1, 0.15) is 0 Å². The Hall–Kier alpha value is -0.990. The highest BCUT2D eigenvalue weighted by atomic mass is 31.1. The first-order valence-corrected chi connectivity index (χ1v) is 3.73. The Bertz CT molecular complexity index is 226. The predicted octanol–water partition coefficient (Wildman–Crippen LogP) is 0.0524. The average Bonchev–Trinajstić information content (AvgIpc) is 1.88. The van der Waals surface area contributed by atoms with E-state index < -0.39 is 8.25 Å². The number of hydrogen-bond donors (Lipinski definition) is 1. The molecule has 0 bridgehead atoms. The Labute approximate surface area is 58.6 Å². The van der Waals surface area contributed by atoms with Crippen LogP contribution in [0.4, 0.5) is 0 Å². The minimum Gasteiger partial charge on any atom is -0.122 e. The monoisotopic (exact) mass is 159 g/mol. The fourth-order valence-corrected chi connectivity index (χ4v) is 0.788. The fraction of sp³-hybridized carbons (Fsp3) is 0. The molecule has 0 aliphatic carbocycles. The fourth-order valence-electron chi connectivity index (χ4n) is 0.518. The standard InChI is InChI=1S/C5H5NO3P/c7-10(8)9-6-4-2-1-3-5-6/h1-5H/q+1/p+1. The van der Waals surface area contributed by atoms with Crippen LogP contribution in [0.1, 0.15) is 0 Å². The summed E-state index contributed by atoms with van der Waals surface area (Å²) in [6.45, 7) is 0. The highest BCUT2D eigenvalue weighted by Crippen LogP contribution is 2.03. The van der Waals surface area contributed by atoms with E-state index in [2.05, 4.69) is 4.62 Å². The third-order valence-electron chi connectivity index (χ3n) is 0.852. The van der Waals surface area contributed by atoms with Crippen molar-refractivity contribution in [3.8, 4) is 0 Å². The van der Waals surface area contributed by atoms with E-state index in [-0.39, 0.29) is 0 Å². The molecule has 1 N–H and O–H groups in total. The van der Waals surface area contributed by atoms with Gasteiger partial charge in [0, 0.05) is 21.3 Å². The summed E-state index contributed by atoms with van der Waals surface area (Å²) >= 11 is 0. The Morgan fingerprint density at radius 2 is 1.90 bits per heavy atom. The predicted molar refractivity (Wildman–Crippen MR) is 33.0 cm³/mol. The summed E-state index contributed by atoms with van der Waals surface area (Å²) in [5.74, 6) is 0. The molecule has 1 unspecified atom stereocenters. The molecule has 0 amide bonds.